The molecule has 0 saturated carbocycles. The third-order valence-electron chi connectivity index (χ3n) is 11.8. The van der Waals surface area contributed by atoms with Crippen LogP contribution >= 0.6 is 0 Å². The second-order valence-corrected chi connectivity index (χ2v) is 21.3. The summed E-state index contributed by atoms with van der Waals surface area (Å²) in [5.41, 5.74) is -0.896. The number of unbranched alkanes of at least 4 members (excludes halogenated alkanes) is 2. The summed E-state index contributed by atoms with van der Waals surface area (Å²) in [6.07, 6.45) is 2.38. The third kappa shape index (κ3) is 10.7. The number of benzene rings is 3. The van der Waals surface area contributed by atoms with Crippen molar-refractivity contribution in [2.24, 2.45) is 0 Å². The molecule has 0 unspecified atom stereocenters. The lowest BCUT2D eigenvalue weighted by molar-refractivity contribution is -0.145. The van der Waals surface area contributed by atoms with Crippen LogP contribution in [0.1, 0.15) is 99.3 Å². The van der Waals surface area contributed by atoms with Crippen molar-refractivity contribution in [2.45, 2.75) is 134 Å². The zero-order valence-corrected chi connectivity index (χ0v) is 36.3. The molecule has 0 spiro atoms. The predicted molar refractivity (Wildman–Crippen MR) is 231 cm³/mol. The number of nitrogens with zero attached hydrogens (tertiary/aromatic N) is 1. The normalized spacial score (nSPS) is 22.2. The molecule has 5 atom stereocenters. The fraction of sp³-hybridized carbons (Fsp3) is 0.478. The van der Waals surface area contributed by atoms with Gasteiger partial charge in [-0.05, 0) is 73.5 Å². The van der Waals surface area contributed by atoms with Gasteiger partial charge in [0.05, 0.1) is 6.42 Å². The quantitative estimate of drug-likeness (QED) is 0.127. The van der Waals surface area contributed by atoms with Crippen LogP contribution in [0, 0.1) is 0 Å². The Balaban J connectivity index is 1.24. The molecule has 2 heterocycles. The number of fused-ring (bicyclic) bond motifs is 1. The van der Waals surface area contributed by atoms with Crippen LogP contribution in [0.25, 0.3) is 0 Å². The summed E-state index contributed by atoms with van der Waals surface area (Å²) in [5, 5.41) is 13.2. The van der Waals surface area contributed by atoms with Gasteiger partial charge in [-0.15, -0.1) is 0 Å². The van der Waals surface area contributed by atoms with Crippen LogP contribution in [0.5, 0.6) is 0 Å². The number of carbonyl (C=O) groups is 6. The Bertz CT molecular complexity index is 1900. The number of ketones is 1. The first-order valence-electron chi connectivity index (χ1n) is 21.0. The zero-order chi connectivity index (χ0) is 42.8. The number of hydrogen-bond acceptors (Lipinski definition) is 7. The Morgan fingerprint density at radius 2 is 1.44 bits per heavy atom. The number of Topliss-reactive ketones (excluding diaryl/α,β-unsaturated/α-hetero) is 1. The summed E-state index contributed by atoms with van der Waals surface area (Å²) in [4.78, 5) is 83.8. The lowest BCUT2D eigenvalue weighted by Crippen LogP contribution is -2.68. The highest BCUT2D eigenvalue weighted by molar-refractivity contribution is 6.99. The van der Waals surface area contributed by atoms with Crippen molar-refractivity contribution in [2.75, 3.05) is 11.9 Å². The summed E-state index contributed by atoms with van der Waals surface area (Å²) < 4.78 is 7.02. The maximum Gasteiger partial charge on any atom is 0.262 e. The third-order valence-corrected chi connectivity index (χ3v) is 16.9. The number of amides is 5. The average Bonchev–Trinajstić information content (AvgIpc) is 3.72. The standard InChI is InChI=1S/C46H61N5O7Si/c1-7-46(6)44(57)49-37(31-40(53)47-33-21-12-8-13-22-33)43(56)51-30-20-28-38(51)42(55)48-36(41(54)50-46)27-18-11-19-29-39(52)32(2)58-59(45(3,4)5,34-23-14-9-15-24-34)35-25-16-10-17-26-35/h8-10,12-17,21-26,32,36-38H,7,11,18-20,27-31H2,1-6H3,(H,47,53)(H,48,55)(H,49,57)(H,50,54)/t32-,36+,37+,38-,46+/m1/s1. The van der Waals surface area contributed by atoms with Gasteiger partial charge >= 0.3 is 0 Å². The predicted octanol–water partition coefficient (Wildman–Crippen LogP) is 4.76. The van der Waals surface area contributed by atoms with Crippen LogP contribution in [0.3, 0.4) is 0 Å². The van der Waals surface area contributed by atoms with Gasteiger partial charge in [-0.25, -0.2) is 0 Å². The van der Waals surface area contributed by atoms with E-state index < -0.39 is 67.6 Å². The maximum absolute atomic E-state index is 14.0. The molecule has 0 aliphatic carbocycles. The first-order chi connectivity index (χ1) is 28.1. The average molecular weight is 824 g/mol. The van der Waals surface area contributed by atoms with Gasteiger partial charge in [0.1, 0.15) is 29.8 Å². The van der Waals surface area contributed by atoms with E-state index in [0.29, 0.717) is 44.2 Å². The molecule has 5 rings (SSSR count). The summed E-state index contributed by atoms with van der Waals surface area (Å²) in [5.74, 6) is -2.59. The Morgan fingerprint density at radius 1 is 0.847 bits per heavy atom. The van der Waals surface area contributed by atoms with E-state index in [4.69, 9.17) is 4.43 Å². The minimum atomic E-state index is -2.93. The molecular weight excluding hydrogens is 763 g/mol. The topological polar surface area (TPSA) is 163 Å². The summed E-state index contributed by atoms with van der Waals surface area (Å²) in [6.45, 7) is 12.0. The van der Waals surface area contributed by atoms with E-state index in [9.17, 15) is 28.8 Å². The number of anilines is 1. The van der Waals surface area contributed by atoms with Gasteiger partial charge in [0.2, 0.25) is 29.5 Å². The van der Waals surface area contributed by atoms with Crippen LogP contribution in [-0.4, -0.2) is 84.8 Å². The second kappa shape index (κ2) is 19.7. The van der Waals surface area contributed by atoms with Crippen molar-refractivity contribution in [1.82, 2.24) is 20.9 Å². The molecule has 3 aromatic carbocycles. The molecule has 13 heteroatoms. The Hall–Kier alpha value is -5.14. The minimum absolute atomic E-state index is 0.00149. The molecule has 2 fully saturated rings. The fourth-order valence-corrected chi connectivity index (χ4v) is 12.9. The van der Waals surface area contributed by atoms with Crippen molar-refractivity contribution in [3.63, 3.8) is 0 Å². The number of rotatable bonds is 15. The van der Waals surface area contributed by atoms with Crippen LogP contribution < -0.4 is 31.6 Å². The van der Waals surface area contributed by atoms with Crippen molar-refractivity contribution in [3.05, 3.63) is 91.0 Å². The Morgan fingerprint density at radius 3 is 2.02 bits per heavy atom. The molecule has 0 bridgehead atoms. The molecular formula is C46H61N5O7Si. The Kier molecular flexibility index (Phi) is 15.0. The van der Waals surface area contributed by atoms with E-state index in [2.05, 4.69) is 66.3 Å². The van der Waals surface area contributed by atoms with Crippen LogP contribution in [0.2, 0.25) is 5.04 Å². The van der Waals surface area contributed by atoms with E-state index in [1.165, 1.54) is 4.90 Å². The van der Waals surface area contributed by atoms with Crippen LogP contribution in [-0.2, 0) is 33.2 Å². The van der Waals surface area contributed by atoms with Gasteiger partial charge in [-0.2, -0.15) is 0 Å². The highest BCUT2D eigenvalue weighted by atomic mass is 28.4. The number of carbonyl (C=O) groups excluding carboxylic acids is 6. The Labute approximate surface area is 349 Å². The number of hydrogen-bond donors (Lipinski definition) is 4. The first-order valence-corrected chi connectivity index (χ1v) is 22.9. The SMILES string of the molecule is CC[C@]1(C)NC(=O)[C@H](CCCCCC(=O)[C@@H](C)O[Si](c2ccccc2)(c2ccccc2)C(C)(C)C)NC(=O)[C@H]2CCCN2C(=O)[C@H](CC(=O)Nc2ccccc2)NC1=O. The molecule has 316 valence electrons. The van der Waals surface area contributed by atoms with Gasteiger partial charge in [0.15, 0.2) is 5.78 Å². The highest BCUT2D eigenvalue weighted by Gasteiger charge is 2.51. The lowest BCUT2D eigenvalue weighted by Gasteiger charge is -2.44. The molecule has 2 aliphatic heterocycles. The van der Waals surface area contributed by atoms with Crippen LogP contribution in [0.4, 0.5) is 5.69 Å². The van der Waals surface area contributed by atoms with Gasteiger partial charge in [0.25, 0.3) is 8.32 Å². The van der Waals surface area contributed by atoms with Crippen molar-refractivity contribution >= 4 is 59.7 Å². The van der Waals surface area contributed by atoms with Crippen LogP contribution in [0.15, 0.2) is 91.0 Å². The highest BCUT2D eigenvalue weighted by Crippen LogP contribution is 2.37. The molecule has 0 radical (unpaired) electrons. The molecule has 3 aromatic rings. The molecule has 2 aliphatic rings. The molecule has 5 amide bonds. The molecule has 0 aromatic heterocycles. The number of nitrogens with one attached hydrogen (secondary N) is 4. The minimum Gasteiger partial charge on any atom is -0.398 e. The van der Waals surface area contributed by atoms with Crippen molar-refractivity contribution in [1.29, 1.82) is 0 Å². The lowest BCUT2D eigenvalue weighted by atomic mass is 9.94. The summed E-state index contributed by atoms with van der Waals surface area (Å²) >= 11 is 0. The second-order valence-electron chi connectivity index (χ2n) is 17.1. The smallest absolute Gasteiger partial charge is 0.262 e. The van der Waals surface area contributed by atoms with E-state index in [1.807, 2.05) is 49.4 Å². The van der Waals surface area contributed by atoms with Gasteiger partial charge in [0, 0.05) is 18.7 Å². The fourth-order valence-electron chi connectivity index (χ4n) is 8.19. The van der Waals surface area contributed by atoms with E-state index in [1.54, 1.807) is 38.1 Å². The molecule has 12 nitrogen and oxygen atoms in total. The summed E-state index contributed by atoms with van der Waals surface area (Å²) in [7, 11) is -2.93. The van der Waals surface area contributed by atoms with Gasteiger partial charge in [-0.3, -0.25) is 28.8 Å². The van der Waals surface area contributed by atoms with E-state index in [0.717, 1.165) is 10.4 Å². The van der Waals surface area contributed by atoms with E-state index in [-0.39, 0.29) is 36.6 Å². The van der Waals surface area contributed by atoms with Crippen molar-refractivity contribution < 1.29 is 33.2 Å². The summed E-state index contributed by atoms with van der Waals surface area (Å²) in [6, 6.07) is 26.1. The van der Waals surface area contributed by atoms with Crippen molar-refractivity contribution in [3.8, 4) is 0 Å². The van der Waals surface area contributed by atoms with Gasteiger partial charge in [-0.1, -0.05) is 119 Å². The molecule has 2 saturated heterocycles. The molecule has 59 heavy (non-hydrogen) atoms. The van der Waals surface area contributed by atoms with E-state index >= 15 is 0 Å². The maximum atomic E-state index is 14.0. The zero-order valence-electron chi connectivity index (χ0n) is 35.3. The number of para-hydroxylation sites is 1. The first kappa shape index (κ1) is 45.0. The monoisotopic (exact) mass is 823 g/mol. The molecule has 4 N–H and O–H groups in total. The van der Waals surface area contributed by atoms with Gasteiger partial charge < -0.3 is 30.6 Å². The largest absolute Gasteiger partial charge is 0.398 e.